The third kappa shape index (κ3) is 3.52. The standard InChI is InChI=1S/C17H22F3N5O/c1-10-13(9-14(26)24(3)12-7-5-4-6-8-12)11(2)25-16(21-10)22-15(23-25)17(18,19)20/h12H,4-9H2,1-3H3. The maximum atomic E-state index is 12.9. The van der Waals surface area contributed by atoms with Crippen LogP contribution < -0.4 is 0 Å². The van der Waals surface area contributed by atoms with Crippen LogP contribution in [0.15, 0.2) is 0 Å². The number of aryl methyl sites for hydroxylation is 2. The molecule has 1 fully saturated rings. The lowest BCUT2D eigenvalue weighted by Crippen LogP contribution is -2.39. The quantitative estimate of drug-likeness (QED) is 0.834. The molecule has 0 saturated heterocycles. The third-order valence-corrected chi connectivity index (χ3v) is 5.15. The Morgan fingerprint density at radius 3 is 2.46 bits per heavy atom. The molecule has 0 aromatic carbocycles. The SMILES string of the molecule is Cc1nc2nc(C(F)(F)F)nn2c(C)c1CC(=O)N(C)C1CCCCC1. The van der Waals surface area contributed by atoms with E-state index in [1.165, 1.54) is 6.42 Å². The Morgan fingerprint density at radius 2 is 1.85 bits per heavy atom. The maximum absolute atomic E-state index is 12.9. The molecule has 0 unspecified atom stereocenters. The minimum Gasteiger partial charge on any atom is -0.342 e. The third-order valence-electron chi connectivity index (χ3n) is 5.15. The molecule has 1 aliphatic rings. The van der Waals surface area contributed by atoms with Gasteiger partial charge in [-0.3, -0.25) is 4.79 Å². The van der Waals surface area contributed by atoms with Crippen molar-refractivity contribution in [3.63, 3.8) is 0 Å². The van der Waals surface area contributed by atoms with Crippen LogP contribution in [-0.2, 0) is 17.4 Å². The second-order valence-electron chi connectivity index (χ2n) is 6.88. The van der Waals surface area contributed by atoms with Crippen molar-refractivity contribution in [3.8, 4) is 0 Å². The predicted octanol–water partition coefficient (Wildman–Crippen LogP) is 3.09. The summed E-state index contributed by atoms with van der Waals surface area (Å²) >= 11 is 0. The highest BCUT2D eigenvalue weighted by atomic mass is 19.4. The normalized spacial score (nSPS) is 16.2. The molecule has 3 rings (SSSR count). The zero-order valence-electron chi connectivity index (χ0n) is 15.1. The molecule has 0 atom stereocenters. The number of aromatic nitrogens is 4. The number of halogens is 3. The van der Waals surface area contributed by atoms with Crippen molar-refractivity contribution < 1.29 is 18.0 Å². The largest absolute Gasteiger partial charge is 0.453 e. The first-order valence-electron chi connectivity index (χ1n) is 8.74. The van der Waals surface area contributed by atoms with E-state index in [-0.39, 0.29) is 24.1 Å². The molecule has 0 bridgehead atoms. The fourth-order valence-electron chi connectivity index (χ4n) is 3.53. The Hall–Kier alpha value is -2.19. The van der Waals surface area contributed by atoms with Crippen LogP contribution in [0.1, 0.15) is 54.9 Å². The van der Waals surface area contributed by atoms with Gasteiger partial charge < -0.3 is 4.90 Å². The molecule has 1 saturated carbocycles. The van der Waals surface area contributed by atoms with Crippen molar-refractivity contribution in [1.82, 2.24) is 24.5 Å². The van der Waals surface area contributed by atoms with Gasteiger partial charge in [0.05, 0.1) is 6.42 Å². The summed E-state index contributed by atoms with van der Waals surface area (Å²) in [6.45, 7) is 3.32. The number of alkyl halides is 3. The zero-order chi connectivity index (χ0) is 19.1. The van der Waals surface area contributed by atoms with E-state index in [1.54, 1.807) is 25.8 Å². The van der Waals surface area contributed by atoms with Crippen LogP contribution >= 0.6 is 0 Å². The van der Waals surface area contributed by atoms with E-state index >= 15 is 0 Å². The van der Waals surface area contributed by atoms with Crippen molar-refractivity contribution >= 4 is 11.7 Å². The Bertz CT molecular complexity index is 824. The summed E-state index contributed by atoms with van der Waals surface area (Å²) in [4.78, 5) is 22.0. The first-order chi connectivity index (χ1) is 12.2. The molecule has 2 heterocycles. The molecule has 0 radical (unpaired) electrons. The molecule has 9 heteroatoms. The van der Waals surface area contributed by atoms with Gasteiger partial charge in [0.25, 0.3) is 11.6 Å². The highest BCUT2D eigenvalue weighted by Gasteiger charge is 2.37. The average Bonchev–Trinajstić information content (AvgIpc) is 3.03. The molecule has 0 aliphatic heterocycles. The monoisotopic (exact) mass is 369 g/mol. The number of fused-ring (bicyclic) bond motifs is 1. The topological polar surface area (TPSA) is 63.4 Å². The summed E-state index contributed by atoms with van der Waals surface area (Å²) in [6, 6.07) is 0.233. The van der Waals surface area contributed by atoms with Gasteiger partial charge in [-0.1, -0.05) is 19.3 Å². The number of amides is 1. The number of carbonyl (C=O) groups excluding carboxylic acids is 1. The molecule has 2 aromatic rings. The molecule has 0 spiro atoms. The molecule has 26 heavy (non-hydrogen) atoms. The molecule has 2 aromatic heterocycles. The maximum Gasteiger partial charge on any atom is 0.453 e. The molecule has 142 valence electrons. The van der Waals surface area contributed by atoms with Crippen LogP contribution in [0.2, 0.25) is 0 Å². The van der Waals surface area contributed by atoms with Crippen molar-refractivity contribution in [2.24, 2.45) is 0 Å². The van der Waals surface area contributed by atoms with E-state index in [2.05, 4.69) is 15.1 Å². The summed E-state index contributed by atoms with van der Waals surface area (Å²) in [5, 5.41) is 3.52. The number of nitrogens with zero attached hydrogens (tertiary/aromatic N) is 5. The van der Waals surface area contributed by atoms with Gasteiger partial charge in [-0.2, -0.15) is 18.2 Å². The van der Waals surface area contributed by atoms with Crippen LogP contribution in [0.25, 0.3) is 5.78 Å². The summed E-state index contributed by atoms with van der Waals surface area (Å²) in [5.41, 5.74) is 1.56. The molecule has 1 aliphatic carbocycles. The fraction of sp³-hybridized carbons (Fsp3) is 0.647. The summed E-state index contributed by atoms with van der Waals surface area (Å²) in [6.07, 6.45) is 0.885. The Morgan fingerprint density at radius 1 is 1.19 bits per heavy atom. The summed E-state index contributed by atoms with van der Waals surface area (Å²) in [7, 11) is 1.80. The minimum absolute atomic E-state index is 0.0552. The van der Waals surface area contributed by atoms with Crippen LogP contribution in [-0.4, -0.2) is 43.5 Å². The number of likely N-dealkylation sites (N-methyl/N-ethyl adjacent to an activating group) is 1. The number of hydrogen-bond donors (Lipinski definition) is 0. The zero-order valence-corrected chi connectivity index (χ0v) is 15.1. The number of rotatable bonds is 3. The van der Waals surface area contributed by atoms with Crippen LogP contribution in [0.5, 0.6) is 0 Å². The van der Waals surface area contributed by atoms with E-state index in [4.69, 9.17) is 0 Å². The van der Waals surface area contributed by atoms with Crippen LogP contribution in [0.3, 0.4) is 0 Å². The van der Waals surface area contributed by atoms with Gasteiger partial charge in [0.15, 0.2) is 0 Å². The van der Waals surface area contributed by atoms with E-state index in [9.17, 15) is 18.0 Å². The van der Waals surface area contributed by atoms with Crippen molar-refractivity contribution in [3.05, 3.63) is 22.8 Å². The molecule has 1 amide bonds. The smallest absolute Gasteiger partial charge is 0.342 e. The van der Waals surface area contributed by atoms with E-state index in [0.717, 1.165) is 30.2 Å². The summed E-state index contributed by atoms with van der Waals surface area (Å²) in [5.74, 6) is -1.39. The first-order valence-corrected chi connectivity index (χ1v) is 8.74. The number of carbonyl (C=O) groups is 1. The van der Waals surface area contributed by atoms with Crippen LogP contribution in [0.4, 0.5) is 13.2 Å². The van der Waals surface area contributed by atoms with Crippen LogP contribution in [0, 0.1) is 13.8 Å². The van der Waals surface area contributed by atoms with E-state index < -0.39 is 12.0 Å². The molecular formula is C17H22F3N5O. The van der Waals surface area contributed by atoms with Gasteiger partial charge >= 0.3 is 6.18 Å². The van der Waals surface area contributed by atoms with Gasteiger partial charge in [-0.05, 0) is 26.7 Å². The van der Waals surface area contributed by atoms with Crippen molar-refractivity contribution in [1.29, 1.82) is 0 Å². The van der Waals surface area contributed by atoms with Gasteiger partial charge in [-0.15, -0.1) is 5.10 Å². The average molecular weight is 369 g/mol. The molecular weight excluding hydrogens is 347 g/mol. The second kappa shape index (κ2) is 6.85. The Kier molecular flexibility index (Phi) is 4.90. The highest BCUT2D eigenvalue weighted by Crippen LogP contribution is 2.27. The Labute approximate surface area is 149 Å². The highest BCUT2D eigenvalue weighted by molar-refractivity contribution is 5.79. The van der Waals surface area contributed by atoms with Gasteiger partial charge in [-0.25, -0.2) is 9.50 Å². The molecule has 6 nitrogen and oxygen atoms in total. The minimum atomic E-state index is -4.63. The number of hydrogen-bond acceptors (Lipinski definition) is 4. The summed E-state index contributed by atoms with van der Waals surface area (Å²) < 4.78 is 39.6. The van der Waals surface area contributed by atoms with Gasteiger partial charge in [0, 0.05) is 30.0 Å². The first kappa shape index (κ1) is 18.6. The fourth-order valence-corrected chi connectivity index (χ4v) is 3.53. The van der Waals surface area contributed by atoms with Crippen molar-refractivity contribution in [2.75, 3.05) is 7.05 Å². The van der Waals surface area contributed by atoms with E-state index in [1.807, 2.05) is 0 Å². The van der Waals surface area contributed by atoms with Crippen molar-refractivity contribution in [2.45, 2.75) is 64.6 Å². The molecule has 0 N–H and O–H groups in total. The lowest BCUT2D eigenvalue weighted by atomic mass is 9.94. The Balaban J connectivity index is 1.88. The van der Waals surface area contributed by atoms with Gasteiger partial charge in [0.2, 0.25) is 5.91 Å². The lowest BCUT2D eigenvalue weighted by molar-refractivity contribution is -0.144. The predicted molar refractivity (Wildman–Crippen MR) is 88.6 cm³/mol. The second-order valence-corrected chi connectivity index (χ2v) is 6.88. The van der Waals surface area contributed by atoms with E-state index in [0.29, 0.717) is 17.0 Å². The lowest BCUT2D eigenvalue weighted by Gasteiger charge is -2.31. The van der Waals surface area contributed by atoms with Gasteiger partial charge in [0.1, 0.15) is 0 Å².